The summed E-state index contributed by atoms with van der Waals surface area (Å²) >= 11 is 0. The number of nitrogens with one attached hydrogen (secondary N) is 1. The van der Waals surface area contributed by atoms with E-state index in [-0.39, 0.29) is 29.3 Å². The molecule has 156 valence electrons. The Kier molecular flexibility index (Phi) is 6.12. The number of aromatic nitrogens is 2. The first-order valence-electron chi connectivity index (χ1n) is 10.4. The van der Waals surface area contributed by atoms with Gasteiger partial charge in [0.25, 0.3) is 0 Å². The van der Waals surface area contributed by atoms with E-state index in [9.17, 15) is 9.59 Å². The number of carbonyl (C=O) groups excluding carboxylic acids is 2. The van der Waals surface area contributed by atoms with Crippen LogP contribution in [0.5, 0.6) is 0 Å². The molecule has 0 unspecified atom stereocenters. The van der Waals surface area contributed by atoms with Gasteiger partial charge in [-0.25, -0.2) is 0 Å². The molecule has 0 aromatic carbocycles. The molecule has 3 heterocycles. The summed E-state index contributed by atoms with van der Waals surface area (Å²) in [5.74, 6) is 0.802. The maximum absolute atomic E-state index is 12.8. The van der Waals surface area contributed by atoms with Crippen molar-refractivity contribution < 1.29 is 9.59 Å². The van der Waals surface area contributed by atoms with Gasteiger partial charge in [-0.3, -0.25) is 14.3 Å². The number of carbonyl (C=O) groups is 2. The van der Waals surface area contributed by atoms with Crippen LogP contribution in [0.2, 0.25) is 0 Å². The fourth-order valence-electron chi connectivity index (χ4n) is 4.63. The van der Waals surface area contributed by atoms with Gasteiger partial charge in [-0.1, -0.05) is 0 Å². The molecule has 3 rings (SSSR count). The summed E-state index contributed by atoms with van der Waals surface area (Å²) in [7, 11) is 4.02. The fourth-order valence-corrected chi connectivity index (χ4v) is 4.63. The molecule has 1 aromatic heterocycles. The maximum Gasteiger partial charge on any atom is 0.223 e. The van der Waals surface area contributed by atoms with E-state index < -0.39 is 0 Å². The van der Waals surface area contributed by atoms with E-state index in [0.29, 0.717) is 25.3 Å². The summed E-state index contributed by atoms with van der Waals surface area (Å²) in [5.41, 5.74) is 0.766. The number of aryl methyl sites for hydroxylation is 1. The predicted molar refractivity (Wildman–Crippen MR) is 109 cm³/mol. The number of likely N-dealkylation sites (tertiary alicyclic amines) is 2. The molecule has 7 nitrogen and oxygen atoms in total. The van der Waals surface area contributed by atoms with Crippen LogP contribution >= 0.6 is 0 Å². The number of hydrogen-bond acceptors (Lipinski definition) is 4. The zero-order valence-corrected chi connectivity index (χ0v) is 17.9. The lowest BCUT2D eigenvalue weighted by molar-refractivity contribution is -0.133. The quantitative estimate of drug-likeness (QED) is 0.836. The highest BCUT2D eigenvalue weighted by atomic mass is 16.2. The molecule has 0 radical (unpaired) electrons. The van der Waals surface area contributed by atoms with Crippen molar-refractivity contribution in [2.45, 2.75) is 58.0 Å². The normalized spacial score (nSPS) is 24.8. The van der Waals surface area contributed by atoms with E-state index in [4.69, 9.17) is 0 Å². The average molecular weight is 390 g/mol. The van der Waals surface area contributed by atoms with Gasteiger partial charge in [0, 0.05) is 49.7 Å². The highest BCUT2D eigenvalue weighted by Gasteiger charge is 2.45. The highest BCUT2D eigenvalue weighted by molar-refractivity contribution is 5.81. The van der Waals surface area contributed by atoms with Gasteiger partial charge in [-0.15, -0.1) is 0 Å². The van der Waals surface area contributed by atoms with E-state index in [1.807, 2.05) is 24.3 Å². The lowest BCUT2D eigenvalue weighted by Crippen LogP contribution is -2.44. The van der Waals surface area contributed by atoms with Crippen LogP contribution in [0, 0.1) is 11.8 Å². The fraction of sp³-hybridized carbons (Fsp3) is 0.762. The molecule has 0 bridgehead atoms. The number of nitrogens with zero attached hydrogens (tertiary/aromatic N) is 4. The Morgan fingerprint density at radius 3 is 2.50 bits per heavy atom. The second-order valence-electron chi connectivity index (χ2n) is 9.55. The van der Waals surface area contributed by atoms with Crippen molar-refractivity contribution >= 4 is 11.8 Å². The van der Waals surface area contributed by atoms with Gasteiger partial charge in [0.05, 0.1) is 12.2 Å². The SMILES string of the molecule is CN1CCC(CC(=O)NC[C@@H]2CC(=O)N(C(C)(C)C)[C@H]2c2cnn(C)c2)CC1. The van der Waals surface area contributed by atoms with Crippen molar-refractivity contribution in [3.05, 3.63) is 18.0 Å². The lowest BCUT2D eigenvalue weighted by atomic mass is 9.92. The lowest BCUT2D eigenvalue weighted by Gasteiger charge is -2.38. The van der Waals surface area contributed by atoms with E-state index in [1.54, 1.807) is 4.68 Å². The minimum Gasteiger partial charge on any atom is -0.356 e. The van der Waals surface area contributed by atoms with Crippen molar-refractivity contribution in [3.63, 3.8) is 0 Å². The highest BCUT2D eigenvalue weighted by Crippen LogP contribution is 2.42. The van der Waals surface area contributed by atoms with E-state index in [0.717, 1.165) is 31.5 Å². The van der Waals surface area contributed by atoms with Crippen LogP contribution in [0.4, 0.5) is 0 Å². The molecule has 2 aliphatic heterocycles. The molecule has 2 fully saturated rings. The summed E-state index contributed by atoms with van der Waals surface area (Å²) in [6, 6.07) is -0.0511. The van der Waals surface area contributed by atoms with Gasteiger partial charge in [-0.05, 0) is 59.7 Å². The Balaban J connectivity index is 1.64. The van der Waals surface area contributed by atoms with Gasteiger partial charge in [0.15, 0.2) is 0 Å². The van der Waals surface area contributed by atoms with Gasteiger partial charge < -0.3 is 15.1 Å². The Labute approximate surface area is 168 Å². The summed E-state index contributed by atoms with van der Waals surface area (Å²) in [6.45, 7) is 8.86. The standard InChI is InChI=1S/C21H35N5O2/c1-21(2,3)26-19(28)11-16(20(26)17-13-23-25(5)14-17)12-22-18(27)10-15-6-8-24(4)9-7-15/h13-16,20H,6-12H2,1-5H3,(H,22,27)/t16-,20+/m0/s1. The molecular formula is C21H35N5O2. The molecule has 0 saturated carbocycles. The first kappa shape index (κ1) is 20.8. The van der Waals surface area contributed by atoms with E-state index in [1.165, 1.54) is 0 Å². The summed E-state index contributed by atoms with van der Waals surface area (Å²) < 4.78 is 1.77. The monoisotopic (exact) mass is 389 g/mol. The largest absolute Gasteiger partial charge is 0.356 e. The minimum atomic E-state index is -0.273. The van der Waals surface area contributed by atoms with Crippen molar-refractivity contribution in [2.75, 3.05) is 26.7 Å². The molecule has 2 amide bonds. The molecule has 2 atom stereocenters. The molecule has 1 N–H and O–H groups in total. The van der Waals surface area contributed by atoms with Crippen molar-refractivity contribution in [2.24, 2.45) is 18.9 Å². The van der Waals surface area contributed by atoms with Gasteiger partial charge in [-0.2, -0.15) is 5.10 Å². The predicted octanol–water partition coefficient (Wildman–Crippen LogP) is 1.96. The molecule has 0 aliphatic carbocycles. The summed E-state index contributed by atoms with van der Waals surface area (Å²) in [5, 5.41) is 7.43. The van der Waals surface area contributed by atoms with Crippen LogP contribution in [0.1, 0.15) is 58.1 Å². The third kappa shape index (κ3) is 4.74. The van der Waals surface area contributed by atoms with E-state index in [2.05, 4.69) is 43.1 Å². The zero-order chi connectivity index (χ0) is 20.5. The third-order valence-electron chi connectivity index (χ3n) is 6.09. The Hall–Kier alpha value is -1.89. The Bertz CT molecular complexity index is 700. The molecule has 2 aliphatic rings. The Morgan fingerprint density at radius 1 is 1.25 bits per heavy atom. The number of piperidine rings is 1. The molecular weight excluding hydrogens is 354 g/mol. The number of rotatable bonds is 5. The van der Waals surface area contributed by atoms with Gasteiger partial charge in [0.2, 0.25) is 11.8 Å². The smallest absolute Gasteiger partial charge is 0.223 e. The van der Waals surface area contributed by atoms with Crippen LogP contribution in [0.25, 0.3) is 0 Å². The van der Waals surface area contributed by atoms with Crippen LogP contribution < -0.4 is 5.32 Å². The maximum atomic E-state index is 12.8. The van der Waals surface area contributed by atoms with Crippen molar-refractivity contribution in [1.29, 1.82) is 0 Å². The topological polar surface area (TPSA) is 70.5 Å². The second-order valence-corrected chi connectivity index (χ2v) is 9.55. The molecule has 0 spiro atoms. The first-order chi connectivity index (χ1) is 13.1. The minimum absolute atomic E-state index is 0.0511. The molecule has 2 saturated heterocycles. The second kappa shape index (κ2) is 8.23. The number of amides is 2. The summed E-state index contributed by atoms with van der Waals surface area (Å²) in [4.78, 5) is 29.6. The van der Waals surface area contributed by atoms with Crippen LogP contribution in [-0.4, -0.2) is 63.6 Å². The first-order valence-corrected chi connectivity index (χ1v) is 10.4. The summed E-state index contributed by atoms with van der Waals surface area (Å²) in [6.07, 6.45) is 7.05. The van der Waals surface area contributed by atoms with Crippen LogP contribution in [0.15, 0.2) is 12.4 Å². The number of hydrogen-bond donors (Lipinski definition) is 1. The third-order valence-corrected chi connectivity index (χ3v) is 6.09. The van der Waals surface area contributed by atoms with Gasteiger partial charge >= 0.3 is 0 Å². The van der Waals surface area contributed by atoms with Gasteiger partial charge in [0.1, 0.15) is 0 Å². The van der Waals surface area contributed by atoms with Crippen LogP contribution in [-0.2, 0) is 16.6 Å². The van der Waals surface area contributed by atoms with Crippen molar-refractivity contribution in [3.8, 4) is 0 Å². The zero-order valence-electron chi connectivity index (χ0n) is 17.9. The van der Waals surface area contributed by atoms with E-state index >= 15 is 0 Å². The average Bonchev–Trinajstić information content (AvgIpc) is 3.17. The van der Waals surface area contributed by atoms with Crippen molar-refractivity contribution in [1.82, 2.24) is 24.9 Å². The molecule has 28 heavy (non-hydrogen) atoms. The molecule has 1 aromatic rings. The Morgan fingerprint density at radius 2 is 1.93 bits per heavy atom. The molecule has 7 heteroatoms. The van der Waals surface area contributed by atoms with Crippen LogP contribution in [0.3, 0.4) is 0 Å².